The van der Waals surface area contributed by atoms with Crippen molar-refractivity contribution in [3.8, 4) is 5.75 Å². The standard InChI is InChI=1S/C16H13FN2O4/c17-14-4-2-1-3-11(14)5-8-16(21)18-10-12-9-13(19(22)23)6-7-15(12)20/h1-9,20H,10H2,(H,18,21)/b8-5+. The van der Waals surface area contributed by atoms with Gasteiger partial charge in [-0.15, -0.1) is 0 Å². The largest absolute Gasteiger partial charge is 0.508 e. The summed E-state index contributed by atoms with van der Waals surface area (Å²) in [6, 6.07) is 9.51. The molecule has 0 unspecified atom stereocenters. The fourth-order valence-corrected chi connectivity index (χ4v) is 1.84. The first-order valence-electron chi connectivity index (χ1n) is 6.64. The van der Waals surface area contributed by atoms with Crippen molar-refractivity contribution in [3.05, 3.63) is 75.6 Å². The highest BCUT2D eigenvalue weighted by Gasteiger charge is 2.10. The summed E-state index contributed by atoms with van der Waals surface area (Å²) in [5.74, 6) is -1.12. The monoisotopic (exact) mass is 316 g/mol. The van der Waals surface area contributed by atoms with E-state index in [0.29, 0.717) is 0 Å². The van der Waals surface area contributed by atoms with Gasteiger partial charge in [0.05, 0.1) is 4.92 Å². The number of nitro benzene ring substituents is 1. The van der Waals surface area contributed by atoms with Crippen LogP contribution in [0.1, 0.15) is 11.1 Å². The molecule has 0 spiro atoms. The summed E-state index contributed by atoms with van der Waals surface area (Å²) < 4.78 is 13.4. The van der Waals surface area contributed by atoms with Crippen molar-refractivity contribution in [1.82, 2.24) is 5.32 Å². The van der Waals surface area contributed by atoms with Crippen molar-refractivity contribution >= 4 is 17.7 Å². The molecule has 2 rings (SSSR count). The lowest BCUT2D eigenvalue weighted by molar-refractivity contribution is -0.384. The SMILES string of the molecule is O=C(/C=C/c1ccccc1F)NCc1cc([N+](=O)[O-])ccc1O. The van der Waals surface area contributed by atoms with Crippen LogP contribution in [0.4, 0.5) is 10.1 Å². The Morgan fingerprint density at radius 2 is 2.04 bits per heavy atom. The predicted molar refractivity (Wildman–Crippen MR) is 82.0 cm³/mol. The molecule has 0 radical (unpaired) electrons. The normalized spacial score (nSPS) is 10.7. The maximum atomic E-state index is 13.4. The van der Waals surface area contributed by atoms with Gasteiger partial charge in [-0.3, -0.25) is 14.9 Å². The second-order valence-corrected chi connectivity index (χ2v) is 4.64. The van der Waals surface area contributed by atoms with E-state index in [1.54, 1.807) is 6.07 Å². The third-order valence-electron chi connectivity index (χ3n) is 3.05. The van der Waals surface area contributed by atoms with Crippen LogP contribution in [0.25, 0.3) is 6.08 Å². The molecule has 0 saturated heterocycles. The Morgan fingerprint density at radius 1 is 1.30 bits per heavy atom. The van der Waals surface area contributed by atoms with Crippen LogP contribution in [0.3, 0.4) is 0 Å². The number of benzene rings is 2. The molecule has 1 amide bonds. The number of carbonyl (C=O) groups is 1. The third kappa shape index (κ3) is 4.37. The van der Waals surface area contributed by atoms with E-state index in [-0.39, 0.29) is 29.1 Å². The van der Waals surface area contributed by atoms with Gasteiger partial charge in [0.15, 0.2) is 0 Å². The maximum Gasteiger partial charge on any atom is 0.270 e. The summed E-state index contributed by atoms with van der Waals surface area (Å²) in [5, 5.41) is 22.8. The van der Waals surface area contributed by atoms with Crippen LogP contribution in [-0.2, 0) is 11.3 Å². The maximum absolute atomic E-state index is 13.4. The number of halogens is 1. The molecule has 118 valence electrons. The minimum absolute atomic E-state index is 0.0893. The molecule has 0 atom stereocenters. The fourth-order valence-electron chi connectivity index (χ4n) is 1.84. The third-order valence-corrected chi connectivity index (χ3v) is 3.05. The van der Waals surface area contributed by atoms with Gasteiger partial charge in [0.1, 0.15) is 11.6 Å². The second kappa shape index (κ2) is 7.17. The zero-order valence-electron chi connectivity index (χ0n) is 11.9. The fraction of sp³-hybridized carbons (Fsp3) is 0.0625. The van der Waals surface area contributed by atoms with Crippen LogP contribution >= 0.6 is 0 Å². The summed E-state index contributed by atoms with van der Waals surface area (Å²) in [5.41, 5.74) is 0.293. The molecule has 0 aliphatic heterocycles. The van der Waals surface area contributed by atoms with Crippen LogP contribution < -0.4 is 5.32 Å². The number of nitrogens with one attached hydrogen (secondary N) is 1. The van der Waals surface area contributed by atoms with Crippen molar-refractivity contribution in [1.29, 1.82) is 0 Å². The van der Waals surface area contributed by atoms with E-state index < -0.39 is 16.6 Å². The lowest BCUT2D eigenvalue weighted by Crippen LogP contribution is -2.20. The molecule has 6 nitrogen and oxygen atoms in total. The van der Waals surface area contributed by atoms with Crippen LogP contribution in [-0.4, -0.2) is 15.9 Å². The van der Waals surface area contributed by atoms with Gasteiger partial charge in [0, 0.05) is 35.9 Å². The van der Waals surface area contributed by atoms with Gasteiger partial charge in [-0.05, 0) is 18.2 Å². The number of phenolic OH excluding ortho intramolecular Hbond substituents is 1. The van der Waals surface area contributed by atoms with E-state index in [4.69, 9.17) is 0 Å². The van der Waals surface area contributed by atoms with Crippen molar-refractivity contribution in [3.63, 3.8) is 0 Å². The van der Waals surface area contributed by atoms with Crippen molar-refractivity contribution in [2.45, 2.75) is 6.54 Å². The average molecular weight is 316 g/mol. The Morgan fingerprint density at radius 3 is 2.74 bits per heavy atom. The highest BCUT2D eigenvalue weighted by Crippen LogP contribution is 2.22. The van der Waals surface area contributed by atoms with Gasteiger partial charge in [-0.2, -0.15) is 0 Å². The number of hydrogen-bond donors (Lipinski definition) is 2. The topological polar surface area (TPSA) is 92.5 Å². The number of phenols is 1. The zero-order valence-corrected chi connectivity index (χ0v) is 11.9. The number of aromatic hydroxyl groups is 1. The number of amides is 1. The van der Waals surface area contributed by atoms with E-state index in [9.17, 15) is 24.4 Å². The van der Waals surface area contributed by atoms with Crippen LogP contribution in [0.2, 0.25) is 0 Å². The molecule has 2 N–H and O–H groups in total. The molecule has 2 aromatic carbocycles. The first kappa shape index (κ1) is 16.2. The number of nitrogens with zero attached hydrogens (tertiary/aromatic N) is 1. The van der Waals surface area contributed by atoms with Crippen LogP contribution in [0.15, 0.2) is 48.5 Å². The van der Waals surface area contributed by atoms with Gasteiger partial charge in [0.25, 0.3) is 5.69 Å². The summed E-state index contributed by atoms with van der Waals surface area (Å²) in [7, 11) is 0. The van der Waals surface area contributed by atoms with Gasteiger partial charge in [0.2, 0.25) is 5.91 Å². The lowest BCUT2D eigenvalue weighted by Gasteiger charge is -2.05. The molecule has 0 bridgehead atoms. The number of carbonyl (C=O) groups excluding carboxylic acids is 1. The molecule has 2 aromatic rings. The molecular formula is C16H13FN2O4. The number of nitro groups is 1. The van der Waals surface area contributed by atoms with E-state index in [0.717, 1.165) is 6.08 Å². The van der Waals surface area contributed by atoms with Gasteiger partial charge < -0.3 is 10.4 Å². The Balaban J connectivity index is 2.01. The van der Waals surface area contributed by atoms with E-state index in [1.807, 2.05) is 0 Å². The minimum Gasteiger partial charge on any atom is -0.508 e. The summed E-state index contributed by atoms with van der Waals surface area (Å²) in [6.45, 7) is -0.0893. The molecule has 0 fully saturated rings. The van der Waals surface area contributed by atoms with Gasteiger partial charge in [-0.1, -0.05) is 18.2 Å². The van der Waals surface area contributed by atoms with Crippen LogP contribution in [0, 0.1) is 15.9 Å². The molecule has 0 heterocycles. The highest BCUT2D eigenvalue weighted by atomic mass is 19.1. The smallest absolute Gasteiger partial charge is 0.270 e. The van der Waals surface area contributed by atoms with Gasteiger partial charge in [-0.25, -0.2) is 4.39 Å². The van der Waals surface area contributed by atoms with E-state index in [2.05, 4.69) is 5.32 Å². The van der Waals surface area contributed by atoms with E-state index >= 15 is 0 Å². The molecule has 23 heavy (non-hydrogen) atoms. The lowest BCUT2D eigenvalue weighted by atomic mass is 10.1. The molecule has 0 aliphatic carbocycles. The van der Waals surface area contributed by atoms with Crippen LogP contribution in [0.5, 0.6) is 5.75 Å². The molecule has 0 saturated carbocycles. The van der Waals surface area contributed by atoms with E-state index in [1.165, 1.54) is 42.5 Å². The van der Waals surface area contributed by atoms with Crippen molar-refractivity contribution in [2.24, 2.45) is 0 Å². The minimum atomic E-state index is -0.594. The highest BCUT2D eigenvalue weighted by molar-refractivity contribution is 5.91. The van der Waals surface area contributed by atoms with Gasteiger partial charge >= 0.3 is 0 Å². The number of rotatable bonds is 5. The summed E-state index contributed by atoms with van der Waals surface area (Å²) in [6.07, 6.45) is 2.46. The summed E-state index contributed by atoms with van der Waals surface area (Å²) >= 11 is 0. The number of non-ortho nitro benzene ring substituents is 1. The number of hydrogen-bond acceptors (Lipinski definition) is 4. The van der Waals surface area contributed by atoms with Crippen molar-refractivity contribution < 1.29 is 19.2 Å². The average Bonchev–Trinajstić information content (AvgIpc) is 2.53. The Labute approximate surface area is 131 Å². The zero-order chi connectivity index (χ0) is 16.8. The quantitative estimate of drug-likeness (QED) is 0.504. The van der Waals surface area contributed by atoms with Crippen molar-refractivity contribution in [2.75, 3.05) is 0 Å². The Bertz CT molecular complexity index is 774. The molecule has 0 aromatic heterocycles. The first-order chi connectivity index (χ1) is 11.0. The molecular weight excluding hydrogens is 303 g/mol. The first-order valence-corrected chi connectivity index (χ1v) is 6.64. The predicted octanol–water partition coefficient (Wildman–Crippen LogP) is 2.77. The second-order valence-electron chi connectivity index (χ2n) is 4.64. The Hall–Kier alpha value is -3.22. The molecule has 0 aliphatic rings. The summed E-state index contributed by atoms with van der Waals surface area (Å²) in [4.78, 5) is 21.8. The molecule has 7 heteroatoms. The Kier molecular flexibility index (Phi) is 5.03.